The number of sulfonamides is 1. The fourth-order valence-electron chi connectivity index (χ4n) is 3.08. The summed E-state index contributed by atoms with van der Waals surface area (Å²) in [6.07, 6.45) is 5.66. The SMILES string of the molecule is Cc1ccc(S(=O)(=O)N(C)c2ccnc(C(=O)NC3CCCC3)c2)cc1. The molecule has 1 aromatic carbocycles. The molecule has 26 heavy (non-hydrogen) atoms. The van der Waals surface area contributed by atoms with E-state index in [0.717, 1.165) is 31.2 Å². The second-order valence-corrected chi connectivity index (χ2v) is 8.61. The van der Waals surface area contributed by atoms with Crippen LogP contribution >= 0.6 is 0 Å². The van der Waals surface area contributed by atoms with Gasteiger partial charge in [0, 0.05) is 19.3 Å². The van der Waals surface area contributed by atoms with Crippen molar-refractivity contribution in [2.45, 2.75) is 43.5 Å². The predicted molar refractivity (Wildman–Crippen MR) is 101 cm³/mol. The first-order valence-electron chi connectivity index (χ1n) is 8.70. The van der Waals surface area contributed by atoms with E-state index in [2.05, 4.69) is 10.3 Å². The zero-order valence-corrected chi connectivity index (χ0v) is 15.8. The molecule has 0 spiro atoms. The number of hydrogen-bond acceptors (Lipinski definition) is 4. The molecule has 1 saturated carbocycles. The van der Waals surface area contributed by atoms with Crippen molar-refractivity contribution in [3.8, 4) is 0 Å². The predicted octanol–water partition coefficient (Wildman–Crippen LogP) is 2.89. The highest BCUT2D eigenvalue weighted by Crippen LogP contribution is 2.23. The van der Waals surface area contributed by atoms with Crippen molar-refractivity contribution >= 4 is 21.6 Å². The van der Waals surface area contributed by atoms with Gasteiger partial charge in [0.1, 0.15) is 5.69 Å². The fourth-order valence-corrected chi connectivity index (χ4v) is 4.26. The van der Waals surface area contributed by atoms with E-state index >= 15 is 0 Å². The summed E-state index contributed by atoms with van der Waals surface area (Å²) in [6.45, 7) is 1.90. The third-order valence-electron chi connectivity index (χ3n) is 4.71. The van der Waals surface area contributed by atoms with Crippen molar-refractivity contribution in [2.75, 3.05) is 11.4 Å². The number of benzene rings is 1. The lowest BCUT2D eigenvalue weighted by molar-refractivity contribution is 0.0933. The lowest BCUT2D eigenvalue weighted by Crippen LogP contribution is -2.33. The van der Waals surface area contributed by atoms with Gasteiger partial charge in [-0.25, -0.2) is 8.42 Å². The zero-order chi connectivity index (χ0) is 18.7. The fraction of sp³-hybridized carbons (Fsp3) is 0.368. The average molecular weight is 373 g/mol. The number of anilines is 1. The van der Waals surface area contributed by atoms with Crippen LogP contribution < -0.4 is 9.62 Å². The van der Waals surface area contributed by atoms with Gasteiger partial charge in [0.2, 0.25) is 0 Å². The van der Waals surface area contributed by atoms with Crippen LogP contribution in [-0.2, 0) is 10.0 Å². The number of carbonyl (C=O) groups excluding carboxylic acids is 1. The van der Waals surface area contributed by atoms with Crippen LogP contribution in [0.25, 0.3) is 0 Å². The topological polar surface area (TPSA) is 79.4 Å². The molecule has 6 nitrogen and oxygen atoms in total. The minimum absolute atomic E-state index is 0.182. The van der Waals surface area contributed by atoms with Crippen LogP contribution in [0.4, 0.5) is 5.69 Å². The number of amides is 1. The Morgan fingerprint density at radius 2 is 1.81 bits per heavy atom. The van der Waals surface area contributed by atoms with Crippen LogP contribution in [0.15, 0.2) is 47.5 Å². The van der Waals surface area contributed by atoms with Crippen LogP contribution in [0.2, 0.25) is 0 Å². The summed E-state index contributed by atoms with van der Waals surface area (Å²) in [7, 11) is -2.22. The van der Waals surface area contributed by atoms with E-state index in [0.29, 0.717) is 5.69 Å². The molecule has 0 aliphatic heterocycles. The van der Waals surface area contributed by atoms with Crippen molar-refractivity contribution in [3.63, 3.8) is 0 Å². The molecular weight excluding hydrogens is 350 g/mol. The molecule has 7 heteroatoms. The lowest BCUT2D eigenvalue weighted by Gasteiger charge is -2.20. The molecule has 1 aliphatic carbocycles. The van der Waals surface area contributed by atoms with E-state index in [1.165, 1.54) is 23.6 Å². The molecule has 0 bridgehead atoms. The van der Waals surface area contributed by atoms with E-state index in [1.54, 1.807) is 30.3 Å². The first-order valence-corrected chi connectivity index (χ1v) is 10.1. The van der Waals surface area contributed by atoms with Crippen molar-refractivity contribution in [2.24, 2.45) is 0 Å². The lowest BCUT2D eigenvalue weighted by atomic mass is 10.2. The van der Waals surface area contributed by atoms with Gasteiger partial charge < -0.3 is 5.32 Å². The number of aryl methyl sites for hydroxylation is 1. The van der Waals surface area contributed by atoms with E-state index in [9.17, 15) is 13.2 Å². The Morgan fingerprint density at radius 3 is 2.46 bits per heavy atom. The molecule has 138 valence electrons. The maximum absolute atomic E-state index is 12.8. The number of nitrogens with one attached hydrogen (secondary N) is 1. The van der Waals surface area contributed by atoms with Crippen molar-refractivity contribution in [3.05, 3.63) is 53.9 Å². The van der Waals surface area contributed by atoms with E-state index in [-0.39, 0.29) is 22.5 Å². The smallest absolute Gasteiger partial charge is 0.270 e. The van der Waals surface area contributed by atoms with Crippen molar-refractivity contribution in [1.29, 1.82) is 0 Å². The molecule has 1 heterocycles. The standard InChI is InChI=1S/C19H23N3O3S/c1-14-7-9-17(10-8-14)26(24,25)22(2)16-11-12-20-18(13-16)19(23)21-15-5-3-4-6-15/h7-13,15H,3-6H2,1-2H3,(H,21,23). The van der Waals surface area contributed by atoms with Gasteiger partial charge in [0.15, 0.2) is 0 Å². The van der Waals surface area contributed by atoms with E-state index < -0.39 is 10.0 Å². The van der Waals surface area contributed by atoms with Gasteiger partial charge in [-0.3, -0.25) is 14.1 Å². The van der Waals surface area contributed by atoms with Crippen LogP contribution in [-0.4, -0.2) is 32.4 Å². The molecule has 1 aromatic heterocycles. The Morgan fingerprint density at radius 1 is 1.15 bits per heavy atom. The summed E-state index contributed by atoms with van der Waals surface area (Å²) in [6, 6.07) is 9.95. The highest BCUT2D eigenvalue weighted by atomic mass is 32.2. The quantitative estimate of drug-likeness (QED) is 0.874. The molecule has 1 fully saturated rings. The average Bonchev–Trinajstić information content (AvgIpc) is 3.14. The van der Waals surface area contributed by atoms with Crippen LogP contribution in [0.1, 0.15) is 41.7 Å². The molecule has 0 atom stereocenters. The Kier molecular flexibility index (Phi) is 5.27. The monoisotopic (exact) mass is 373 g/mol. The van der Waals surface area contributed by atoms with Crippen LogP contribution in [0, 0.1) is 6.92 Å². The van der Waals surface area contributed by atoms with E-state index in [1.807, 2.05) is 6.92 Å². The Bertz CT molecular complexity index is 889. The third-order valence-corrected chi connectivity index (χ3v) is 6.51. The second kappa shape index (κ2) is 7.45. The molecule has 3 rings (SSSR count). The van der Waals surface area contributed by atoms with Gasteiger partial charge in [0.25, 0.3) is 15.9 Å². The second-order valence-electron chi connectivity index (χ2n) is 6.64. The molecule has 1 amide bonds. The third kappa shape index (κ3) is 3.88. The summed E-state index contributed by atoms with van der Waals surface area (Å²) in [4.78, 5) is 16.7. The molecule has 2 aromatic rings. The number of pyridine rings is 1. The summed E-state index contributed by atoms with van der Waals surface area (Å²) in [5.74, 6) is -0.264. The molecule has 0 saturated heterocycles. The van der Waals surface area contributed by atoms with Gasteiger partial charge in [0.05, 0.1) is 10.6 Å². The normalized spacial score (nSPS) is 15.0. The molecule has 1 N–H and O–H groups in total. The van der Waals surface area contributed by atoms with Crippen molar-refractivity contribution in [1.82, 2.24) is 10.3 Å². The van der Waals surface area contributed by atoms with Gasteiger partial charge in [-0.05, 0) is 44.0 Å². The Hall–Kier alpha value is -2.41. The maximum atomic E-state index is 12.8. The molecule has 0 radical (unpaired) electrons. The summed E-state index contributed by atoms with van der Waals surface area (Å²) < 4.78 is 26.8. The molecular formula is C19H23N3O3S. The zero-order valence-electron chi connectivity index (χ0n) is 15.0. The van der Waals surface area contributed by atoms with Crippen LogP contribution in [0.3, 0.4) is 0 Å². The number of hydrogen-bond donors (Lipinski definition) is 1. The Labute approximate surface area is 154 Å². The van der Waals surface area contributed by atoms with Crippen LogP contribution in [0.5, 0.6) is 0 Å². The van der Waals surface area contributed by atoms with Gasteiger partial charge in [-0.2, -0.15) is 0 Å². The summed E-state index contributed by atoms with van der Waals surface area (Å²) >= 11 is 0. The number of nitrogens with zero attached hydrogens (tertiary/aromatic N) is 2. The van der Waals surface area contributed by atoms with Crippen molar-refractivity contribution < 1.29 is 13.2 Å². The maximum Gasteiger partial charge on any atom is 0.270 e. The van der Waals surface area contributed by atoms with Gasteiger partial charge >= 0.3 is 0 Å². The number of rotatable bonds is 5. The number of carbonyl (C=O) groups is 1. The first-order chi connectivity index (χ1) is 12.4. The minimum atomic E-state index is -3.70. The summed E-state index contributed by atoms with van der Waals surface area (Å²) in [5.41, 5.74) is 1.61. The highest BCUT2D eigenvalue weighted by molar-refractivity contribution is 7.92. The Balaban J connectivity index is 1.82. The molecule has 1 aliphatic rings. The minimum Gasteiger partial charge on any atom is -0.348 e. The highest BCUT2D eigenvalue weighted by Gasteiger charge is 2.23. The first kappa shape index (κ1) is 18.4. The largest absolute Gasteiger partial charge is 0.348 e. The summed E-state index contributed by atoms with van der Waals surface area (Å²) in [5, 5.41) is 2.97. The number of aromatic nitrogens is 1. The van der Waals surface area contributed by atoms with E-state index in [4.69, 9.17) is 0 Å². The van der Waals surface area contributed by atoms with Gasteiger partial charge in [-0.1, -0.05) is 30.5 Å². The molecule has 0 unspecified atom stereocenters. The van der Waals surface area contributed by atoms with Gasteiger partial charge in [-0.15, -0.1) is 0 Å².